The number of hydrogen-bond donors (Lipinski definition) is 1. The lowest BCUT2D eigenvalue weighted by Gasteiger charge is -2.37. The monoisotopic (exact) mass is 239 g/mol. The molecular formula is C13H25N3O. The summed E-state index contributed by atoms with van der Waals surface area (Å²) in [5, 5.41) is 8.64. The molecule has 0 radical (unpaired) electrons. The van der Waals surface area contributed by atoms with Crippen LogP contribution in [-0.2, 0) is 4.79 Å². The van der Waals surface area contributed by atoms with Gasteiger partial charge in [-0.25, -0.2) is 0 Å². The molecule has 0 bridgehead atoms. The van der Waals surface area contributed by atoms with Crippen LogP contribution in [0.4, 0.5) is 0 Å². The maximum atomic E-state index is 12.5. The molecule has 0 heterocycles. The molecule has 0 spiro atoms. The summed E-state index contributed by atoms with van der Waals surface area (Å²) in [6.45, 7) is 8.81. The van der Waals surface area contributed by atoms with Gasteiger partial charge in [-0.1, -0.05) is 13.8 Å². The van der Waals surface area contributed by atoms with Crippen molar-refractivity contribution in [3.05, 3.63) is 0 Å². The smallest absolute Gasteiger partial charge is 0.230 e. The van der Waals surface area contributed by atoms with Gasteiger partial charge in [-0.2, -0.15) is 5.26 Å². The van der Waals surface area contributed by atoms with Crippen molar-refractivity contribution in [1.82, 2.24) is 4.90 Å². The zero-order chi connectivity index (χ0) is 13.5. The van der Waals surface area contributed by atoms with Gasteiger partial charge in [0.05, 0.1) is 17.9 Å². The van der Waals surface area contributed by atoms with Gasteiger partial charge in [0.1, 0.15) is 0 Å². The van der Waals surface area contributed by atoms with Crippen molar-refractivity contribution in [3.8, 4) is 6.07 Å². The molecular weight excluding hydrogens is 214 g/mol. The molecule has 4 heteroatoms. The van der Waals surface area contributed by atoms with E-state index < -0.39 is 5.41 Å². The maximum Gasteiger partial charge on any atom is 0.230 e. The molecule has 0 saturated carbocycles. The second-order valence-corrected chi connectivity index (χ2v) is 4.69. The predicted molar refractivity (Wildman–Crippen MR) is 69.1 cm³/mol. The minimum Gasteiger partial charge on any atom is -0.339 e. The fourth-order valence-corrected chi connectivity index (χ4v) is 2.00. The number of amides is 1. The summed E-state index contributed by atoms with van der Waals surface area (Å²) >= 11 is 0. The fraction of sp³-hybridized carbons (Fsp3) is 0.846. The summed E-state index contributed by atoms with van der Waals surface area (Å²) in [6, 6.07) is 2.20. The Balaban J connectivity index is 4.98. The Morgan fingerprint density at radius 1 is 1.41 bits per heavy atom. The third-order valence-electron chi connectivity index (χ3n) is 3.55. The highest BCUT2D eigenvalue weighted by atomic mass is 16.2. The first-order chi connectivity index (χ1) is 7.98. The van der Waals surface area contributed by atoms with E-state index in [0.29, 0.717) is 19.5 Å². The Kier molecular flexibility index (Phi) is 6.82. The van der Waals surface area contributed by atoms with Crippen molar-refractivity contribution >= 4 is 5.91 Å². The number of carbonyl (C=O) groups is 1. The topological polar surface area (TPSA) is 70.1 Å². The third kappa shape index (κ3) is 3.71. The fourth-order valence-electron chi connectivity index (χ4n) is 2.00. The lowest BCUT2D eigenvalue weighted by atomic mass is 9.80. The average molecular weight is 239 g/mol. The van der Waals surface area contributed by atoms with Gasteiger partial charge in [0.15, 0.2) is 0 Å². The highest BCUT2D eigenvalue weighted by Gasteiger charge is 2.37. The normalized spacial score (nSPS) is 11.4. The van der Waals surface area contributed by atoms with Crippen LogP contribution in [0.2, 0.25) is 0 Å². The average Bonchev–Trinajstić information content (AvgIpc) is 2.32. The first-order valence-corrected chi connectivity index (χ1v) is 6.37. The number of rotatable bonds is 7. The number of carbonyl (C=O) groups excluding carboxylic acids is 1. The second-order valence-electron chi connectivity index (χ2n) is 4.69. The van der Waals surface area contributed by atoms with Crippen molar-refractivity contribution in [3.63, 3.8) is 0 Å². The second kappa shape index (κ2) is 7.29. The van der Waals surface area contributed by atoms with Crippen molar-refractivity contribution in [2.24, 2.45) is 11.1 Å². The minimum atomic E-state index is -0.459. The van der Waals surface area contributed by atoms with Crippen LogP contribution < -0.4 is 5.73 Å². The molecule has 4 nitrogen and oxygen atoms in total. The van der Waals surface area contributed by atoms with Crippen LogP contribution in [0, 0.1) is 16.7 Å². The zero-order valence-corrected chi connectivity index (χ0v) is 11.5. The summed E-state index contributed by atoms with van der Waals surface area (Å²) in [5.74, 6) is 0.0928. The molecule has 98 valence electrons. The Morgan fingerprint density at radius 3 is 2.24 bits per heavy atom. The number of nitrogens with zero attached hydrogens (tertiary/aromatic N) is 2. The molecule has 0 aliphatic heterocycles. The van der Waals surface area contributed by atoms with Crippen molar-refractivity contribution in [2.75, 3.05) is 13.1 Å². The first-order valence-electron chi connectivity index (χ1n) is 6.37. The summed E-state index contributed by atoms with van der Waals surface area (Å²) in [4.78, 5) is 14.3. The van der Waals surface area contributed by atoms with Crippen LogP contribution in [0.15, 0.2) is 0 Å². The SMILES string of the molecule is CCC(CC)(CN)C(=O)N(CCC#N)C(C)C. The van der Waals surface area contributed by atoms with Crippen LogP contribution >= 0.6 is 0 Å². The van der Waals surface area contributed by atoms with Crippen molar-refractivity contribution < 1.29 is 4.79 Å². The lowest BCUT2D eigenvalue weighted by Crippen LogP contribution is -2.50. The van der Waals surface area contributed by atoms with Gasteiger partial charge >= 0.3 is 0 Å². The molecule has 0 aliphatic carbocycles. The minimum absolute atomic E-state index is 0.0928. The highest BCUT2D eigenvalue weighted by molar-refractivity contribution is 5.83. The van der Waals surface area contributed by atoms with Crippen LogP contribution in [0.3, 0.4) is 0 Å². The van der Waals surface area contributed by atoms with Gasteiger partial charge in [0.2, 0.25) is 5.91 Å². The summed E-state index contributed by atoms with van der Waals surface area (Å²) < 4.78 is 0. The van der Waals surface area contributed by atoms with E-state index in [2.05, 4.69) is 6.07 Å². The highest BCUT2D eigenvalue weighted by Crippen LogP contribution is 2.28. The van der Waals surface area contributed by atoms with E-state index in [4.69, 9.17) is 11.0 Å². The molecule has 0 saturated heterocycles. The van der Waals surface area contributed by atoms with E-state index in [0.717, 1.165) is 12.8 Å². The first kappa shape index (κ1) is 15.9. The molecule has 0 rings (SSSR count). The van der Waals surface area contributed by atoms with E-state index in [1.54, 1.807) is 4.90 Å². The van der Waals surface area contributed by atoms with E-state index in [1.165, 1.54) is 0 Å². The van der Waals surface area contributed by atoms with Gasteiger partial charge in [0.25, 0.3) is 0 Å². The van der Waals surface area contributed by atoms with Gasteiger partial charge in [-0.15, -0.1) is 0 Å². The summed E-state index contributed by atoms with van der Waals surface area (Å²) in [5.41, 5.74) is 5.33. The molecule has 0 fully saturated rings. The summed E-state index contributed by atoms with van der Waals surface area (Å²) in [6.07, 6.45) is 1.86. The van der Waals surface area contributed by atoms with E-state index in [1.807, 2.05) is 27.7 Å². The van der Waals surface area contributed by atoms with Crippen molar-refractivity contribution in [1.29, 1.82) is 5.26 Å². The quantitative estimate of drug-likeness (QED) is 0.737. The Morgan fingerprint density at radius 2 is 1.94 bits per heavy atom. The molecule has 0 atom stereocenters. The van der Waals surface area contributed by atoms with Crippen LogP contribution in [-0.4, -0.2) is 29.9 Å². The predicted octanol–water partition coefficient (Wildman–Crippen LogP) is 1.90. The number of hydrogen-bond acceptors (Lipinski definition) is 3. The van der Waals surface area contributed by atoms with E-state index in [9.17, 15) is 4.79 Å². The number of nitriles is 1. The van der Waals surface area contributed by atoms with Crippen LogP contribution in [0.25, 0.3) is 0 Å². The van der Waals surface area contributed by atoms with Gasteiger partial charge in [-0.05, 0) is 26.7 Å². The van der Waals surface area contributed by atoms with Crippen LogP contribution in [0.5, 0.6) is 0 Å². The van der Waals surface area contributed by atoms with Gasteiger partial charge in [0, 0.05) is 19.1 Å². The Bertz CT molecular complexity index is 269. The van der Waals surface area contributed by atoms with Crippen LogP contribution in [0.1, 0.15) is 47.0 Å². The van der Waals surface area contributed by atoms with Gasteiger partial charge < -0.3 is 10.6 Å². The number of nitrogens with two attached hydrogens (primary N) is 1. The third-order valence-corrected chi connectivity index (χ3v) is 3.55. The molecule has 0 unspecified atom stereocenters. The molecule has 0 aromatic heterocycles. The molecule has 0 aromatic rings. The van der Waals surface area contributed by atoms with Gasteiger partial charge in [-0.3, -0.25) is 4.79 Å². The maximum absolute atomic E-state index is 12.5. The standard InChI is InChI=1S/C13H25N3O/c1-5-13(6-2,10-15)12(17)16(11(3)4)9-7-8-14/h11H,5-7,9-10,15H2,1-4H3. The Hall–Kier alpha value is -1.08. The molecule has 17 heavy (non-hydrogen) atoms. The van der Waals surface area contributed by atoms with E-state index in [-0.39, 0.29) is 11.9 Å². The molecule has 0 aliphatic rings. The molecule has 1 amide bonds. The Labute approximate surface area is 105 Å². The lowest BCUT2D eigenvalue weighted by molar-refractivity contribution is -0.144. The largest absolute Gasteiger partial charge is 0.339 e. The molecule has 0 aromatic carbocycles. The molecule has 2 N–H and O–H groups in total. The summed E-state index contributed by atoms with van der Waals surface area (Å²) in [7, 11) is 0. The van der Waals surface area contributed by atoms with Crippen molar-refractivity contribution in [2.45, 2.75) is 53.0 Å². The zero-order valence-electron chi connectivity index (χ0n) is 11.5. The van der Waals surface area contributed by atoms with E-state index >= 15 is 0 Å².